The molecular weight excluding hydrogens is 423 g/mol. The van der Waals surface area contributed by atoms with Gasteiger partial charge in [-0.2, -0.15) is 10.2 Å². The van der Waals surface area contributed by atoms with E-state index in [0.717, 1.165) is 11.1 Å². The van der Waals surface area contributed by atoms with Crippen LogP contribution in [0.3, 0.4) is 0 Å². The number of rotatable bonds is 6. The van der Waals surface area contributed by atoms with Gasteiger partial charge in [0.25, 0.3) is 11.8 Å². The van der Waals surface area contributed by atoms with E-state index in [2.05, 4.69) is 21.1 Å². The summed E-state index contributed by atoms with van der Waals surface area (Å²) in [6.45, 7) is 0. The summed E-state index contributed by atoms with van der Waals surface area (Å²) in [4.78, 5) is 24.0. The zero-order valence-electron chi connectivity index (χ0n) is 15.5. The highest BCUT2D eigenvalue weighted by atomic mass is 35.5. The molecule has 30 heavy (non-hydrogen) atoms. The predicted molar refractivity (Wildman–Crippen MR) is 119 cm³/mol. The van der Waals surface area contributed by atoms with Crippen molar-refractivity contribution in [2.45, 2.75) is 0 Å². The van der Waals surface area contributed by atoms with E-state index in [1.54, 1.807) is 72.8 Å². The number of nitrogens with one attached hydrogen (secondary N) is 2. The number of hydrazone groups is 2. The molecule has 3 aromatic carbocycles. The molecule has 0 aromatic heterocycles. The molecule has 0 fully saturated rings. The van der Waals surface area contributed by atoms with E-state index in [-0.39, 0.29) is 11.8 Å². The molecule has 0 atom stereocenters. The van der Waals surface area contributed by atoms with Crippen molar-refractivity contribution in [1.82, 2.24) is 10.9 Å². The Kier molecular flexibility index (Phi) is 7.32. The summed E-state index contributed by atoms with van der Waals surface area (Å²) < 4.78 is 0. The number of carbonyl (C=O) groups excluding carboxylic acids is 2. The van der Waals surface area contributed by atoms with Crippen LogP contribution in [-0.4, -0.2) is 24.2 Å². The Balaban J connectivity index is 1.52. The van der Waals surface area contributed by atoms with E-state index < -0.39 is 0 Å². The molecule has 3 rings (SSSR count). The van der Waals surface area contributed by atoms with Crippen LogP contribution in [0.2, 0.25) is 10.0 Å². The normalized spacial score (nSPS) is 11.0. The average molecular weight is 439 g/mol. The van der Waals surface area contributed by atoms with Crippen LogP contribution >= 0.6 is 23.2 Å². The number of amides is 2. The van der Waals surface area contributed by atoms with Gasteiger partial charge in [-0.1, -0.05) is 59.6 Å². The van der Waals surface area contributed by atoms with Crippen molar-refractivity contribution in [3.8, 4) is 0 Å². The van der Waals surface area contributed by atoms with Crippen LogP contribution in [0, 0.1) is 0 Å². The van der Waals surface area contributed by atoms with Crippen LogP contribution in [0.25, 0.3) is 0 Å². The molecule has 0 aliphatic rings. The Labute approximate surface area is 183 Å². The molecule has 0 unspecified atom stereocenters. The minimum absolute atomic E-state index is 0.354. The van der Waals surface area contributed by atoms with Crippen LogP contribution in [0.15, 0.2) is 83.0 Å². The number of hydrogen-bond donors (Lipinski definition) is 2. The third kappa shape index (κ3) is 6.27. The topological polar surface area (TPSA) is 82.9 Å². The Morgan fingerprint density at radius 1 is 0.667 bits per heavy atom. The lowest BCUT2D eigenvalue weighted by atomic mass is 10.2. The van der Waals surface area contributed by atoms with Crippen LogP contribution in [0.1, 0.15) is 31.8 Å². The zero-order valence-corrected chi connectivity index (χ0v) is 17.1. The first kappa shape index (κ1) is 21.2. The Bertz CT molecular complexity index is 1020. The molecule has 0 spiro atoms. The third-order valence-electron chi connectivity index (χ3n) is 3.87. The summed E-state index contributed by atoms with van der Waals surface area (Å²) in [5.41, 5.74) is 7.29. The van der Waals surface area contributed by atoms with Crippen molar-refractivity contribution in [2.24, 2.45) is 10.2 Å². The van der Waals surface area contributed by atoms with Crippen molar-refractivity contribution in [3.63, 3.8) is 0 Å². The molecule has 0 saturated heterocycles. The molecule has 0 aliphatic carbocycles. The van der Waals surface area contributed by atoms with Gasteiger partial charge >= 0.3 is 0 Å². The van der Waals surface area contributed by atoms with Gasteiger partial charge in [-0.15, -0.1) is 0 Å². The lowest BCUT2D eigenvalue weighted by Gasteiger charge is -2.01. The van der Waals surface area contributed by atoms with Gasteiger partial charge in [-0.25, -0.2) is 10.9 Å². The summed E-state index contributed by atoms with van der Waals surface area (Å²) in [6.07, 6.45) is 3.04. The second kappa shape index (κ2) is 10.3. The van der Waals surface area contributed by atoms with Crippen LogP contribution < -0.4 is 10.9 Å². The summed E-state index contributed by atoms with van der Waals surface area (Å²) in [5.74, 6) is -0.708. The fourth-order valence-corrected chi connectivity index (χ4v) is 2.77. The van der Waals surface area contributed by atoms with Crippen molar-refractivity contribution in [1.29, 1.82) is 0 Å². The van der Waals surface area contributed by atoms with Gasteiger partial charge in [0.15, 0.2) is 0 Å². The SMILES string of the molecule is O=C(N/N=C/c1ccc(/C=N/NC(=O)c2cccc(Cl)c2)cc1)c1cccc(Cl)c1. The molecule has 0 radical (unpaired) electrons. The smallest absolute Gasteiger partial charge is 0.267 e. The van der Waals surface area contributed by atoms with Gasteiger partial charge < -0.3 is 0 Å². The van der Waals surface area contributed by atoms with Gasteiger partial charge in [-0.05, 0) is 47.5 Å². The molecule has 2 amide bonds. The number of hydrogen-bond acceptors (Lipinski definition) is 4. The number of benzene rings is 3. The van der Waals surface area contributed by atoms with Gasteiger partial charge in [0.05, 0.1) is 12.4 Å². The minimum Gasteiger partial charge on any atom is -0.267 e. The maximum Gasteiger partial charge on any atom is 0.271 e. The van der Waals surface area contributed by atoms with Gasteiger partial charge in [0.2, 0.25) is 0 Å². The molecule has 8 heteroatoms. The molecule has 150 valence electrons. The summed E-state index contributed by atoms with van der Waals surface area (Å²) in [5, 5.41) is 8.83. The minimum atomic E-state index is -0.354. The van der Waals surface area contributed by atoms with E-state index in [0.29, 0.717) is 21.2 Å². The molecule has 6 nitrogen and oxygen atoms in total. The lowest BCUT2D eigenvalue weighted by Crippen LogP contribution is -2.17. The van der Waals surface area contributed by atoms with Crippen LogP contribution in [0.4, 0.5) is 0 Å². The Morgan fingerprint density at radius 2 is 1.07 bits per heavy atom. The second-order valence-corrected chi connectivity index (χ2v) is 6.96. The molecule has 0 aliphatic heterocycles. The highest BCUT2D eigenvalue weighted by Crippen LogP contribution is 2.11. The molecule has 0 saturated carbocycles. The van der Waals surface area contributed by atoms with Gasteiger partial charge in [0, 0.05) is 21.2 Å². The zero-order chi connectivity index (χ0) is 21.3. The monoisotopic (exact) mass is 438 g/mol. The van der Waals surface area contributed by atoms with E-state index in [1.165, 1.54) is 12.4 Å². The van der Waals surface area contributed by atoms with Crippen LogP contribution in [0.5, 0.6) is 0 Å². The molecule has 3 aromatic rings. The first-order chi connectivity index (χ1) is 14.5. The van der Waals surface area contributed by atoms with Gasteiger partial charge in [0.1, 0.15) is 0 Å². The fraction of sp³-hybridized carbons (Fsp3) is 0. The third-order valence-corrected chi connectivity index (χ3v) is 4.34. The number of carbonyl (C=O) groups is 2. The molecule has 0 bridgehead atoms. The first-order valence-corrected chi connectivity index (χ1v) is 9.55. The first-order valence-electron chi connectivity index (χ1n) is 8.79. The highest BCUT2D eigenvalue weighted by molar-refractivity contribution is 6.31. The van der Waals surface area contributed by atoms with Gasteiger partial charge in [-0.3, -0.25) is 9.59 Å². The largest absolute Gasteiger partial charge is 0.271 e. The molecular formula is C22H16Cl2N4O2. The average Bonchev–Trinajstić information content (AvgIpc) is 2.74. The highest BCUT2D eigenvalue weighted by Gasteiger charge is 2.04. The summed E-state index contributed by atoms with van der Waals surface area (Å²) >= 11 is 11.7. The van der Waals surface area contributed by atoms with Crippen molar-refractivity contribution in [3.05, 3.63) is 105 Å². The van der Waals surface area contributed by atoms with E-state index in [4.69, 9.17) is 23.2 Å². The summed E-state index contributed by atoms with van der Waals surface area (Å²) in [6, 6.07) is 20.4. The molecule has 2 N–H and O–H groups in total. The standard InChI is InChI=1S/C22H16Cl2N4O2/c23-19-5-1-3-17(11-19)21(29)27-25-13-15-7-9-16(10-8-15)14-26-28-22(30)18-4-2-6-20(24)12-18/h1-14H,(H,27,29)(H,28,30)/b25-13+,26-14+. The molecule has 0 heterocycles. The van der Waals surface area contributed by atoms with Crippen molar-refractivity contribution in [2.75, 3.05) is 0 Å². The fourth-order valence-electron chi connectivity index (χ4n) is 2.39. The Morgan fingerprint density at radius 3 is 1.43 bits per heavy atom. The van der Waals surface area contributed by atoms with E-state index in [1.807, 2.05) is 0 Å². The quantitative estimate of drug-likeness (QED) is 0.437. The second-order valence-electron chi connectivity index (χ2n) is 6.09. The van der Waals surface area contributed by atoms with Crippen molar-refractivity contribution >= 4 is 47.4 Å². The van der Waals surface area contributed by atoms with Crippen LogP contribution in [-0.2, 0) is 0 Å². The van der Waals surface area contributed by atoms with Crippen molar-refractivity contribution < 1.29 is 9.59 Å². The lowest BCUT2D eigenvalue weighted by molar-refractivity contribution is 0.0947. The number of halogens is 2. The Hall–Kier alpha value is -3.48. The maximum absolute atomic E-state index is 12.0. The maximum atomic E-state index is 12.0. The summed E-state index contributed by atoms with van der Waals surface area (Å²) in [7, 11) is 0. The number of nitrogens with zero attached hydrogens (tertiary/aromatic N) is 2. The van der Waals surface area contributed by atoms with E-state index in [9.17, 15) is 9.59 Å². The van der Waals surface area contributed by atoms with E-state index >= 15 is 0 Å². The predicted octanol–water partition coefficient (Wildman–Crippen LogP) is 4.52.